The molecule has 2 aliphatic carbocycles. The van der Waals surface area contributed by atoms with Crippen molar-refractivity contribution in [1.82, 2.24) is 4.90 Å². The molecule has 0 bridgehead atoms. The second kappa shape index (κ2) is 5.77. The Bertz CT molecular complexity index is 710. The highest BCUT2D eigenvalue weighted by Crippen LogP contribution is 2.61. The topological polar surface area (TPSA) is 15.6 Å². The van der Waals surface area contributed by atoms with E-state index in [2.05, 4.69) is 67.5 Å². The number of alkyl halides is 1. The van der Waals surface area contributed by atoms with Gasteiger partial charge in [0.1, 0.15) is 0 Å². The molecular formula is C20H21ClN2. The van der Waals surface area contributed by atoms with Crippen LogP contribution < -0.4 is 0 Å². The lowest BCUT2D eigenvalue weighted by molar-refractivity contribution is 0.420. The summed E-state index contributed by atoms with van der Waals surface area (Å²) in [7, 11) is 4.17. The maximum absolute atomic E-state index is 6.63. The van der Waals surface area contributed by atoms with Crippen LogP contribution in [0.2, 0.25) is 0 Å². The van der Waals surface area contributed by atoms with Gasteiger partial charge in [0, 0.05) is 34.9 Å². The lowest BCUT2D eigenvalue weighted by Gasteiger charge is -2.14. The van der Waals surface area contributed by atoms with Gasteiger partial charge in [-0.2, -0.15) is 0 Å². The predicted octanol–water partition coefficient (Wildman–Crippen LogP) is 3.89. The van der Waals surface area contributed by atoms with E-state index in [-0.39, 0.29) is 5.38 Å². The molecule has 0 spiro atoms. The van der Waals surface area contributed by atoms with E-state index >= 15 is 0 Å². The summed E-state index contributed by atoms with van der Waals surface area (Å²) in [4.78, 5) is 7.15. The zero-order valence-electron chi connectivity index (χ0n) is 13.5. The van der Waals surface area contributed by atoms with Crippen LogP contribution in [0.25, 0.3) is 0 Å². The Kier molecular flexibility index (Phi) is 3.74. The van der Waals surface area contributed by atoms with Gasteiger partial charge in [0.25, 0.3) is 0 Å². The first-order valence-electron chi connectivity index (χ1n) is 8.20. The van der Waals surface area contributed by atoms with Crippen LogP contribution in [0.5, 0.6) is 0 Å². The van der Waals surface area contributed by atoms with Gasteiger partial charge in [0.05, 0.1) is 12.3 Å². The van der Waals surface area contributed by atoms with E-state index in [1.165, 1.54) is 22.3 Å². The maximum atomic E-state index is 6.63. The molecule has 2 aromatic carbocycles. The SMILES string of the molecule is CN(C)CCN=C1c2ccccc2C2C(Cl)C2c2ccccc21. The Balaban J connectivity index is 1.86. The first kappa shape index (κ1) is 14.9. The summed E-state index contributed by atoms with van der Waals surface area (Å²) in [5, 5.41) is 0.209. The standard InChI is InChI=1S/C20H21ClN2/c1-23(2)12-11-22-20-15-9-5-3-7-13(15)17-18(19(17)21)14-8-4-6-10-16(14)20/h3-10,17-19H,11-12H2,1-2H3. The minimum atomic E-state index is 0.209. The molecule has 118 valence electrons. The molecule has 0 aliphatic heterocycles. The van der Waals surface area contributed by atoms with Crippen LogP contribution in [0.3, 0.4) is 0 Å². The molecule has 0 amide bonds. The number of fused-ring (bicyclic) bond motifs is 5. The average Bonchev–Trinajstić information content (AvgIpc) is 3.24. The summed E-state index contributed by atoms with van der Waals surface area (Å²) in [5.41, 5.74) is 6.37. The average molecular weight is 325 g/mol. The summed E-state index contributed by atoms with van der Waals surface area (Å²) in [6.07, 6.45) is 0. The molecule has 23 heavy (non-hydrogen) atoms. The fraction of sp³-hybridized carbons (Fsp3) is 0.350. The van der Waals surface area contributed by atoms with Crippen molar-refractivity contribution in [3.8, 4) is 0 Å². The molecule has 1 saturated carbocycles. The van der Waals surface area contributed by atoms with Crippen molar-refractivity contribution in [2.24, 2.45) is 4.99 Å². The normalized spacial score (nSPS) is 24.5. The number of aliphatic imine (C=N–C) groups is 1. The van der Waals surface area contributed by atoms with Gasteiger partial charge >= 0.3 is 0 Å². The van der Waals surface area contributed by atoms with E-state index in [0.717, 1.165) is 18.8 Å². The molecule has 0 radical (unpaired) electrons. The van der Waals surface area contributed by atoms with Crippen LogP contribution in [-0.4, -0.2) is 43.2 Å². The van der Waals surface area contributed by atoms with E-state index in [9.17, 15) is 0 Å². The van der Waals surface area contributed by atoms with Gasteiger partial charge < -0.3 is 4.90 Å². The predicted molar refractivity (Wildman–Crippen MR) is 97.1 cm³/mol. The van der Waals surface area contributed by atoms with Crippen molar-refractivity contribution in [3.63, 3.8) is 0 Å². The fourth-order valence-corrected chi connectivity index (χ4v) is 4.19. The van der Waals surface area contributed by atoms with Crippen LogP contribution >= 0.6 is 11.6 Å². The molecule has 0 aromatic heterocycles. The fourth-order valence-electron chi connectivity index (χ4n) is 3.69. The number of hydrogen-bond acceptors (Lipinski definition) is 2. The summed E-state index contributed by atoms with van der Waals surface area (Å²) >= 11 is 6.63. The number of hydrogen-bond donors (Lipinski definition) is 0. The van der Waals surface area contributed by atoms with E-state index < -0.39 is 0 Å². The summed E-state index contributed by atoms with van der Waals surface area (Å²) < 4.78 is 0. The van der Waals surface area contributed by atoms with Crippen LogP contribution in [0.4, 0.5) is 0 Å². The van der Waals surface area contributed by atoms with Gasteiger partial charge in [0.2, 0.25) is 0 Å². The maximum Gasteiger partial charge on any atom is 0.0725 e. The van der Waals surface area contributed by atoms with Gasteiger partial charge in [-0.15, -0.1) is 11.6 Å². The van der Waals surface area contributed by atoms with E-state index in [4.69, 9.17) is 16.6 Å². The van der Waals surface area contributed by atoms with Crippen molar-refractivity contribution in [3.05, 3.63) is 70.8 Å². The van der Waals surface area contributed by atoms with Crippen molar-refractivity contribution in [2.45, 2.75) is 17.2 Å². The summed E-state index contributed by atoms with van der Waals surface area (Å²) in [5.74, 6) is 0.853. The van der Waals surface area contributed by atoms with E-state index in [1.54, 1.807) is 0 Å². The zero-order chi connectivity index (χ0) is 16.0. The van der Waals surface area contributed by atoms with Crippen molar-refractivity contribution in [2.75, 3.05) is 27.2 Å². The molecule has 2 unspecified atom stereocenters. The first-order valence-corrected chi connectivity index (χ1v) is 8.64. The molecule has 3 heteroatoms. The Hall–Kier alpha value is -1.64. The van der Waals surface area contributed by atoms with E-state index in [1.807, 2.05) is 0 Å². The smallest absolute Gasteiger partial charge is 0.0725 e. The van der Waals surface area contributed by atoms with Crippen LogP contribution in [0, 0.1) is 0 Å². The molecule has 4 rings (SSSR count). The highest BCUT2D eigenvalue weighted by molar-refractivity contribution is 6.25. The molecule has 2 atom stereocenters. The van der Waals surface area contributed by atoms with Crippen LogP contribution in [-0.2, 0) is 0 Å². The van der Waals surface area contributed by atoms with Gasteiger partial charge in [0.15, 0.2) is 0 Å². The molecule has 2 aliphatic rings. The van der Waals surface area contributed by atoms with E-state index in [0.29, 0.717) is 11.8 Å². The summed E-state index contributed by atoms with van der Waals surface area (Å²) in [6.45, 7) is 1.77. The summed E-state index contributed by atoms with van der Waals surface area (Å²) in [6, 6.07) is 17.3. The largest absolute Gasteiger partial charge is 0.308 e. The van der Waals surface area contributed by atoms with Crippen molar-refractivity contribution < 1.29 is 0 Å². The van der Waals surface area contributed by atoms with Gasteiger partial charge in [-0.1, -0.05) is 48.5 Å². The second-order valence-electron chi connectivity index (χ2n) is 6.70. The monoisotopic (exact) mass is 324 g/mol. The molecule has 1 fully saturated rings. The third-order valence-electron chi connectivity index (χ3n) is 4.90. The molecular weight excluding hydrogens is 304 g/mol. The Morgan fingerprint density at radius 2 is 1.43 bits per heavy atom. The molecule has 2 nitrogen and oxygen atoms in total. The first-order chi connectivity index (χ1) is 11.2. The molecule has 0 heterocycles. The minimum Gasteiger partial charge on any atom is -0.308 e. The molecule has 2 aromatic rings. The third-order valence-corrected chi connectivity index (χ3v) is 5.44. The lowest BCUT2D eigenvalue weighted by atomic mass is 9.95. The van der Waals surface area contributed by atoms with Gasteiger partial charge in [-0.3, -0.25) is 4.99 Å². The second-order valence-corrected chi connectivity index (χ2v) is 7.21. The Morgan fingerprint density at radius 3 is 1.96 bits per heavy atom. The van der Waals surface area contributed by atoms with Gasteiger partial charge in [-0.05, 0) is 25.2 Å². The molecule has 0 N–H and O–H groups in total. The Morgan fingerprint density at radius 1 is 0.913 bits per heavy atom. The lowest BCUT2D eigenvalue weighted by Crippen LogP contribution is -2.17. The molecule has 0 saturated heterocycles. The Labute approximate surface area is 142 Å². The third kappa shape index (κ3) is 2.50. The highest BCUT2D eigenvalue weighted by Gasteiger charge is 2.54. The van der Waals surface area contributed by atoms with Crippen LogP contribution in [0.15, 0.2) is 53.5 Å². The van der Waals surface area contributed by atoms with Gasteiger partial charge in [-0.25, -0.2) is 0 Å². The zero-order valence-corrected chi connectivity index (χ0v) is 14.3. The van der Waals surface area contributed by atoms with Crippen molar-refractivity contribution in [1.29, 1.82) is 0 Å². The quantitative estimate of drug-likeness (QED) is 0.782. The minimum absolute atomic E-state index is 0.209. The van der Waals surface area contributed by atoms with Crippen LogP contribution in [0.1, 0.15) is 34.1 Å². The highest BCUT2D eigenvalue weighted by atomic mass is 35.5. The number of halogens is 1. The van der Waals surface area contributed by atoms with Crippen molar-refractivity contribution >= 4 is 17.3 Å². The number of likely N-dealkylation sites (N-methyl/N-ethyl adjacent to an activating group) is 1. The number of benzene rings is 2. The number of nitrogens with zero attached hydrogens (tertiary/aromatic N) is 2. The number of rotatable bonds is 3.